The molecular formula is C16H20N2O3. The molecular weight excluding hydrogens is 268 g/mol. The van der Waals surface area contributed by atoms with Gasteiger partial charge in [-0.05, 0) is 31.5 Å². The van der Waals surface area contributed by atoms with Crippen LogP contribution in [0.25, 0.3) is 11.0 Å². The molecule has 1 fully saturated rings. The van der Waals surface area contributed by atoms with E-state index in [0.29, 0.717) is 6.42 Å². The van der Waals surface area contributed by atoms with E-state index in [1.165, 1.54) is 0 Å². The molecule has 5 nitrogen and oxygen atoms in total. The van der Waals surface area contributed by atoms with Gasteiger partial charge in [0, 0.05) is 29.6 Å². The predicted octanol–water partition coefficient (Wildman–Crippen LogP) is 1.85. The number of amides is 1. The average Bonchev–Trinajstić information content (AvgIpc) is 2.90. The number of furan rings is 1. The second kappa shape index (κ2) is 6.18. The highest BCUT2D eigenvalue weighted by atomic mass is 16.5. The summed E-state index contributed by atoms with van der Waals surface area (Å²) < 4.78 is 10.7. The number of nitrogens with one attached hydrogen (secondary N) is 2. The van der Waals surface area contributed by atoms with Crippen LogP contribution in [0, 0.1) is 0 Å². The minimum atomic E-state index is 0.0437. The summed E-state index contributed by atoms with van der Waals surface area (Å²) in [6, 6.07) is 5.89. The molecule has 2 aromatic rings. The lowest BCUT2D eigenvalue weighted by Crippen LogP contribution is -2.46. The van der Waals surface area contributed by atoms with Gasteiger partial charge in [-0.1, -0.05) is 0 Å². The topological polar surface area (TPSA) is 63.5 Å². The zero-order valence-electron chi connectivity index (χ0n) is 12.1. The summed E-state index contributed by atoms with van der Waals surface area (Å²) in [5.41, 5.74) is 1.66. The van der Waals surface area contributed by atoms with Crippen LogP contribution in [0.2, 0.25) is 0 Å². The van der Waals surface area contributed by atoms with Gasteiger partial charge < -0.3 is 19.8 Å². The van der Waals surface area contributed by atoms with Gasteiger partial charge in [-0.2, -0.15) is 0 Å². The number of hydrogen-bond donors (Lipinski definition) is 2. The fourth-order valence-corrected chi connectivity index (χ4v) is 2.75. The third-order valence-electron chi connectivity index (χ3n) is 3.88. The molecule has 1 aliphatic heterocycles. The Kier molecular flexibility index (Phi) is 4.10. The van der Waals surface area contributed by atoms with Crippen molar-refractivity contribution in [2.24, 2.45) is 0 Å². The standard InChI is InChI=1S/C16H20N2O3/c1-20-13-4-5-14-11(10-21-15(14)8-13)7-16(19)18-12-3-2-6-17-9-12/h4-5,8,10,12,17H,2-3,6-7,9H2,1H3,(H,18,19)/t12-/m0/s1. The van der Waals surface area contributed by atoms with Crippen LogP contribution in [0.15, 0.2) is 28.9 Å². The highest BCUT2D eigenvalue weighted by molar-refractivity contribution is 5.88. The molecule has 1 aliphatic rings. The Labute approximate surface area is 123 Å². The van der Waals surface area contributed by atoms with E-state index in [-0.39, 0.29) is 11.9 Å². The second-order valence-corrected chi connectivity index (χ2v) is 5.41. The number of piperidine rings is 1. The maximum absolute atomic E-state index is 12.1. The summed E-state index contributed by atoms with van der Waals surface area (Å²) >= 11 is 0. The first-order valence-corrected chi connectivity index (χ1v) is 7.30. The first kappa shape index (κ1) is 13.9. The quantitative estimate of drug-likeness (QED) is 0.901. The lowest BCUT2D eigenvalue weighted by molar-refractivity contribution is -0.121. The maximum Gasteiger partial charge on any atom is 0.224 e. The lowest BCUT2D eigenvalue weighted by atomic mass is 10.1. The number of benzene rings is 1. The summed E-state index contributed by atoms with van der Waals surface area (Å²) in [6.45, 7) is 1.90. The molecule has 0 bridgehead atoms. The fraction of sp³-hybridized carbons (Fsp3) is 0.438. The van der Waals surface area contributed by atoms with Crippen molar-refractivity contribution >= 4 is 16.9 Å². The van der Waals surface area contributed by atoms with E-state index in [1.807, 2.05) is 18.2 Å². The zero-order chi connectivity index (χ0) is 14.7. The van der Waals surface area contributed by atoms with Crippen molar-refractivity contribution < 1.29 is 13.9 Å². The number of hydrogen-bond acceptors (Lipinski definition) is 4. The summed E-state index contributed by atoms with van der Waals surface area (Å²) in [7, 11) is 1.62. The largest absolute Gasteiger partial charge is 0.497 e. The van der Waals surface area contributed by atoms with Gasteiger partial charge in [0.05, 0.1) is 19.8 Å². The number of carbonyl (C=O) groups excluding carboxylic acids is 1. The van der Waals surface area contributed by atoms with Crippen molar-refractivity contribution in [1.29, 1.82) is 0 Å². The van der Waals surface area contributed by atoms with Crippen molar-refractivity contribution in [2.75, 3.05) is 20.2 Å². The van der Waals surface area contributed by atoms with Gasteiger partial charge in [0.15, 0.2) is 0 Å². The molecule has 1 saturated heterocycles. The average molecular weight is 288 g/mol. The third-order valence-corrected chi connectivity index (χ3v) is 3.88. The number of ether oxygens (including phenoxy) is 1. The second-order valence-electron chi connectivity index (χ2n) is 5.41. The normalized spacial score (nSPS) is 18.6. The summed E-state index contributed by atoms with van der Waals surface area (Å²) in [5.74, 6) is 0.795. The van der Waals surface area contributed by atoms with Crippen LogP contribution in [0.1, 0.15) is 18.4 Å². The molecule has 21 heavy (non-hydrogen) atoms. The molecule has 1 aromatic carbocycles. The molecule has 3 rings (SSSR count). The molecule has 0 saturated carbocycles. The van der Waals surface area contributed by atoms with Crippen LogP contribution in [0.4, 0.5) is 0 Å². The van der Waals surface area contributed by atoms with Crippen molar-refractivity contribution in [3.8, 4) is 5.75 Å². The molecule has 1 atom stereocenters. The van der Waals surface area contributed by atoms with Crippen molar-refractivity contribution in [3.05, 3.63) is 30.0 Å². The number of methoxy groups -OCH3 is 1. The van der Waals surface area contributed by atoms with E-state index in [4.69, 9.17) is 9.15 Å². The van der Waals surface area contributed by atoms with Gasteiger partial charge in [-0.3, -0.25) is 4.79 Å². The lowest BCUT2D eigenvalue weighted by Gasteiger charge is -2.23. The molecule has 112 valence electrons. The SMILES string of the molecule is COc1ccc2c(CC(=O)N[C@H]3CCCNC3)coc2c1. The highest BCUT2D eigenvalue weighted by Gasteiger charge is 2.17. The smallest absolute Gasteiger partial charge is 0.224 e. The Balaban J connectivity index is 1.68. The summed E-state index contributed by atoms with van der Waals surface area (Å²) in [5, 5.41) is 7.34. The molecule has 0 aliphatic carbocycles. The molecule has 1 amide bonds. The van der Waals surface area contributed by atoms with E-state index in [9.17, 15) is 4.79 Å². The van der Waals surface area contributed by atoms with Crippen molar-refractivity contribution in [1.82, 2.24) is 10.6 Å². The summed E-state index contributed by atoms with van der Waals surface area (Å²) in [4.78, 5) is 12.1. The fourth-order valence-electron chi connectivity index (χ4n) is 2.75. The predicted molar refractivity (Wildman–Crippen MR) is 80.5 cm³/mol. The number of rotatable bonds is 4. The first-order chi connectivity index (χ1) is 10.3. The van der Waals surface area contributed by atoms with Gasteiger partial charge in [-0.15, -0.1) is 0 Å². The Morgan fingerprint density at radius 1 is 1.52 bits per heavy atom. The van der Waals surface area contributed by atoms with Crippen LogP contribution >= 0.6 is 0 Å². The van der Waals surface area contributed by atoms with Crippen molar-refractivity contribution in [2.45, 2.75) is 25.3 Å². The first-order valence-electron chi connectivity index (χ1n) is 7.30. The van der Waals surface area contributed by atoms with Gasteiger partial charge in [0.2, 0.25) is 5.91 Å². The Morgan fingerprint density at radius 2 is 2.43 bits per heavy atom. The van der Waals surface area contributed by atoms with E-state index >= 15 is 0 Å². The highest BCUT2D eigenvalue weighted by Crippen LogP contribution is 2.25. The molecule has 2 N–H and O–H groups in total. The Hall–Kier alpha value is -2.01. The molecule has 0 radical (unpaired) electrons. The Morgan fingerprint density at radius 3 is 3.19 bits per heavy atom. The van der Waals surface area contributed by atoms with Gasteiger partial charge in [-0.25, -0.2) is 0 Å². The van der Waals surface area contributed by atoms with Crippen LogP contribution < -0.4 is 15.4 Å². The van der Waals surface area contributed by atoms with Gasteiger partial charge >= 0.3 is 0 Å². The van der Waals surface area contributed by atoms with E-state index < -0.39 is 0 Å². The van der Waals surface area contributed by atoms with Crippen LogP contribution in [-0.4, -0.2) is 32.1 Å². The van der Waals surface area contributed by atoms with Crippen LogP contribution in [-0.2, 0) is 11.2 Å². The molecule has 2 heterocycles. The minimum absolute atomic E-state index is 0.0437. The summed E-state index contributed by atoms with van der Waals surface area (Å²) in [6.07, 6.45) is 4.15. The monoisotopic (exact) mass is 288 g/mol. The third kappa shape index (κ3) is 3.19. The number of carbonyl (C=O) groups is 1. The van der Waals surface area contributed by atoms with Crippen molar-refractivity contribution in [3.63, 3.8) is 0 Å². The molecule has 1 aromatic heterocycles. The van der Waals surface area contributed by atoms with Crippen LogP contribution in [0.5, 0.6) is 5.75 Å². The van der Waals surface area contributed by atoms with E-state index in [1.54, 1.807) is 13.4 Å². The maximum atomic E-state index is 12.1. The molecule has 5 heteroatoms. The van der Waals surface area contributed by atoms with Gasteiger partial charge in [0.1, 0.15) is 11.3 Å². The van der Waals surface area contributed by atoms with E-state index in [0.717, 1.165) is 48.2 Å². The zero-order valence-corrected chi connectivity index (χ0v) is 12.1. The molecule has 0 unspecified atom stereocenters. The number of fused-ring (bicyclic) bond motifs is 1. The van der Waals surface area contributed by atoms with Gasteiger partial charge in [0.25, 0.3) is 0 Å². The van der Waals surface area contributed by atoms with E-state index in [2.05, 4.69) is 10.6 Å². The molecule has 0 spiro atoms. The minimum Gasteiger partial charge on any atom is -0.497 e. The Bertz CT molecular complexity index is 629. The van der Waals surface area contributed by atoms with Crippen LogP contribution in [0.3, 0.4) is 0 Å².